The number of carbonyl (C=O) groups excluding carboxylic acids is 2. The molecule has 102 valence electrons. The van der Waals surface area contributed by atoms with E-state index >= 15 is 0 Å². The van der Waals surface area contributed by atoms with E-state index in [1.54, 1.807) is 35.4 Å². The van der Waals surface area contributed by atoms with Crippen LogP contribution in [-0.4, -0.2) is 26.3 Å². The van der Waals surface area contributed by atoms with Gasteiger partial charge in [-0.25, -0.2) is 9.97 Å². The van der Waals surface area contributed by atoms with Gasteiger partial charge >= 0.3 is 0 Å². The van der Waals surface area contributed by atoms with Crippen LogP contribution >= 0.6 is 0 Å². The Morgan fingerprint density at radius 3 is 2.70 bits per heavy atom. The van der Waals surface area contributed by atoms with Gasteiger partial charge in [0.05, 0.1) is 5.56 Å². The summed E-state index contributed by atoms with van der Waals surface area (Å²) >= 11 is 0. The smallest absolute Gasteiger partial charge is 0.271 e. The standard InChI is InChI=1S/C13H13N5O2/c19-12(9-1-2-9)16-17-13(20)10-3-4-11(15-7-10)18-6-5-14-8-18/h3-9H,1-2H2,(H,16,19)(H,17,20). The highest BCUT2D eigenvalue weighted by Gasteiger charge is 2.29. The van der Waals surface area contributed by atoms with Gasteiger partial charge in [-0.2, -0.15) is 0 Å². The van der Waals surface area contributed by atoms with Crippen LogP contribution in [0.1, 0.15) is 23.2 Å². The molecular weight excluding hydrogens is 258 g/mol. The van der Waals surface area contributed by atoms with Crippen molar-refractivity contribution in [2.75, 3.05) is 0 Å². The molecule has 2 aromatic rings. The summed E-state index contributed by atoms with van der Waals surface area (Å²) in [6, 6.07) is 3.35. The van der Waals surface area contributed by atoms with Crippen LogP contribution in [0.3, 0.4) is 0 Å². The third kappa shape index (κ3) is 2.66. The molecule has 0 saturated heterocycles. The van der Waals surface area contributed by atoms with Crippen molar-refractivity contribution in [1.82, 2.24) is 25.4 Å². The van der Waals surface area contributed by atoms with Crippen LogP contribution in [0.25, 0.3) is 5.82 Å². The fraction of sp³-hybridized carbons (Fsp3) is 0.231. The van der Waals surface area contributed by atoms with Gasteiger partial charge in [-0.3, -0.25) is 25.0 Å². The lowest BCUT2D eigenvalue weighted by molar-refractivity contribution is -0.123. The molecule has 0 aromatic carbocycles. The summed E-state index contributed by atoms with van der Waals surface area (Å²) < 4.78 is 1.73. The lowest BCUT2D eigenvalue weighted by atomic mass is 10.2. The molecule has 7 heteroatoms. The van der Waals surface area contributed by atoms with Crippen molar-refractivity contribution in [1.29, 1.82) is 0 Å². The number of hydrazine groups is 1. The predicted octanol–water partition coefficient (Wildman–Crippen LogP) is 0.438. The molecule has 3 rings (SSSR count). The average molecular weight is 271 g/mol. The number of nitrogens with one attached hydrogen (secondary N) is 2. The molecule has 0 unspecified atom stereocenters. The number of amides is 2. The summed E-state index contributed by atoms with van der Waals surface area (Å²) in [4.78, 5) is 31.3. The largest absolute Gasteiger partial charge is 0.291 e. The minimum absolute atomic E-state index is 0.0528. The number of nitrogens with zero attached hydrogens (tertiary/aromatic N) is 3. The van der Waals surface area contributed by atoms with E-state index < -0.39 is 0 Å². The highest BCUT2D eigenvalue weighted by Crippen LogP contribution is 2.28. The van der Waals surface area contributed by atoms with E-state index in [-0.39, 0.29) is 17.7 Å². The molecule has 20 heavy (non-hydrogen) atoms. The van der Waals surface area contributed by atoms with Crippen molar-refractivity contribution >= 4 is 11.8 Å². The number of carbonyl (C=O) groups is 2. The second-order valence-electron chi connectivity index (χ2n) is 4.59. The van der Waals surface area contributed by atoms with Crippen LogP contribution < -0.4 is 10.9 Å². The second-order valence-corrected chi connectivity index (χ2v) is 4.59. The molecule has 2 heterocycles. The summed E-state index contributed by atoms with van der Waals surface area (Å²) in [5.41, 5.74) is 5.16. The third-order valence-corrected chi connectivity index (χ3v) is 3.03. The first kappa shape index (κ1) is 12.3. The Kier molecular flexibility index (Phi) is 3.16. The molecule has 2 N–H and O–H groups in total. The van der Waals surface area contributed by atoms with Crippen molar-refractivity contribution < 1.29 is 9.59 Å². The van der Waals surface area contributed by atoms with Crippen LogP contribution in [0.15, 0.2) is 37.1 Å². The van der Waals surface area contributed by atoms with Gasteiger partial charge in [0.1, 0.15) is 12.1 Å². The first-order valence-corrected chi connectivity index (χ1v) is 6.28. The molecule has 1 aliphatic rings. The van der Waals surface area contributed by atoms with Gasteiger partial charge in [0.2, 0.25) is 5.91 Å². The van der Waals surface area contributed by atoms with E-state index in [0.717, 1.165) is 12.8 Å². The van der Waals surface area contributed by atoms with Crippen LogP contribution in [-0.2, 0) is 4.79 Å². The molecule has 0 atom stereocenters. The van der Waals surface area contributed by atoms with E-state index in [1.807, 2.05) is 0 Å². The maximum atomic E-state index is 11.8. The van der Waals surface area contributed by atoms with Gasteiger partial charge in [-0.1, -0.05) is 0 Å². The monoisotopic (exact) mass is 271 g/mol. The van der Waals surface area contributed by atoms with Crippen molar-refractivity contribution in [3.8, 4) is 5.82 Å². The molecule has 1 saturated carbocycles. The Morgan fingerprint density at radius 2 is 2.10 bits per heavy atom. The van der Waals surface area contributed by atoms with E-state index in [9.17, 15) is 9.59 Å². The molecule has 0 radical (unpaired) electrons. The van der Waals surface area contributed by atoms with Crippen molar-refractivity contribution in [2.24, 2.45) is 5.92 Å². The summed E-state index contributed by atoms with van der Waals surface area (Å²) in [5.74, 6) is 0.197. The Labute approximate surface area is 115 Å². The zero-order valence-electron chi connectivity index (χ0n) is 10.6. The molecule has 1 aliphatic carbocycles. The Balaban J connectivity index is 1.61. The topological polar surface area (TPSA) is 88.9 Å². The van der Waals surface area contributed by atoms with Crippen LogP contribution in [0.4, 0.5) is 0 Å². The van der Waals surface area contributed by atoms with Crippen molar-refractivity contribution in [2.45, 2.75) is 12.8 Å². The predicted molar refractivity (Wildman–Crippen MR) is 69.7 cm³/mol. The van der Waals surface area contributed by atoms with E-state index in [0.29, 0.717) is 11.4 Å². The Bertz CT molecular complexity index is 617. The van der Waals surface area contributed by atoms with Gasteiger partial charge < -0.3 is 0 Å². The minimum atomic E-state index is -0.385. The third-order valence-electron chi connectivity index (χ3n) is 3.03. The molecule has 1 fully saturated rings. The molecule has 7 nitrogen and oxygen atoms in total. The van der Waals surface area contributed by atoms with Crippen molar-refractivity contribution in [3.63, 3.8) is 0 Å². The van der Waals surface area contributed by atoms with Crippen LogP contribution in [0.5, 0.6) is 0 Å². The number of imidazole rings is 1. The Hall–Kier alpha value is -2.70. The lowest BCUT2D eigenvalue weighted by Crippen LogP contribution is -2.42. The normalized spacial score (nSPS) is 13.8. The molecule has 0 bridgehead atoms. The highest BCUT2D eigenvalue weighted by atomic mass is 16.2. The summed E-state index contributed by atoms with van der Waals surface area (Å²) in [6.45, 7) is 0. The molecule has 0 spiro atoms. The first-order chi connectivity index (χ1) is 9.74. The van der Waals surface area contributed by atoms with Gasteiger partial charge in [-0.15, -0.1) is 0 Å². The van der Waals surface area contributed by atoms with E-state index in [1.165, 1.54) is 6.20 Å². The van der Waals surface area contributed by atoms with Crippen LogP contribution in [0.2, 0.25) is 0 Å². The van der Waals surface area contributed by atoms with Gasteiger partial charge in [-0.05, 0) is 25.0 Å². The molecule has 2 aromatic heterocycles. The second kappa shape index (κ2) is 5.12. The molecule has 0 aliphatic heterocycles. The van der Waals surface area contributed by atoms with E-state index in [4.69, 9.17) is 0 Å². The average Bonchev–Trinajstić information content (AvgIpc) is 3.19. The number of rotatable bonds is 3. The fourth-order valence-corrected chi connectivity index (χ4v) is 1.71. The summed E-state index contributed by atoms with van der Waals surface area (Å²) in [5, 5.41) is 0. The first-order valence-electron chi connectivity index (χ1n) is 6.28. The minimum Gasteiger partial charge on any atom is -0.291 e. The van der Waals surface area contributed by atoms with Crippen molar-refractivity contribution in [3.05, 3.63) is 42.6 Å². The fourth-order valence-electron chi connectivity index (χ4n) is 1.71. The van der Waals surface area contributed by atoms with E-state index in [2.05, 4.69) is 20.8 Å². The lowest BCUT2D eigenvalue weighted by Gasteiger charge is -2.07. The quantitative estimate of drug-likeness (QED) is 0.793. The molecule has 2 amide bonds. The zero-order chi connectivity index (χ0) is 13.9. The van der Waals surface area contributed by atoms with Gasteiger partial charge in [0.15, 0.2) is 0 Å². The number of hydrogen-bond acceptors (Lipinski definition) is 4. The maximum absolute atomic E-state index is 11.8. The SMILES string of the molecule is O=C(NNC(=O)C1CC1)c1ccc(-n2ccnc2)nc1. The van der Waals surface area contributed by atoms with Crippen LogP contribution in [0, 0.1) is 5.92 Å². The zero-order valence-corrected chi connectivity index (χ0v) is 10.6. The maximum Gasteiger partial charge on any atom is 0.271 e. The highest BCUT2D eigenvalue weighted by molar-refractivity contribution is 5.95. The Morgan fingerprint density at radius 1 is 1.25 bits per heavy atom. The molecular formula is C13H13N5O2. The van der Waals surface area contributed by atoms with Gasteiger partial charge in [0, 0.05) is 24.5 Å². The summed E-state index contributed by atoms with van der Waals surface area (Å²) in [6.07, 6.45) is 8.27. The number of pyridine rings is 1. The summed E-state index contributed by atoms with van der Waals surface area (Å²) in [7, 11) is 0. The van der Waals surface area contributed by atoms with Gasteiger partial charge in [0.25, 0.3) is 5.91 Å². The number of aromatic nitrogens is 3. The number of hydrogen-bond donors (Lipinski definition) is 2.